The number of nitrogens with zero attached hydrogens (tertiary/aromatic N) is 4. The first-order valence-corrected chi connectivity index (χ1v) is 13.5. The number of benzene rings is 2. The van der Waals surface area contributed by atoms with Gasteiger partial charge in [-0.05, 0) is 36.4 Å². The smallest absolute Gasteiger partial charge is 0.455 e. The molecule has 0 saturated carbocycles. The second-order valence-corrected chi connectivity index (χ2v) is 11.3. The van der Waals surface area contributed by atoms with Crippen molar-refractivity contribution in [2.75, 3.05) is 0 Å². The van der Waals surface area contributed by atoms with Crippen molar-refractivity contribution >= 4 is 68.3 Å². The summed E-state index contributed by atoms with van der Waals surface area (Å²) in [4.78, 5) is 2.06. The third kappa shape index (κ3) is 5.77. The summed E-state index contributed by atoms with van der Waals surface area (Å²) in [7, 11) is -6.30. The summed E-state index contributed by atoms with van der Waals surface area (Å²) >= 11 is 24.1. The fourth-order valence-corrected chi connectivity index (χ4v) is 5.41. The standard InChI is InChI=1S/C23H8Cl4F6N4O3S/c24-13-3-1-2-12(18(13)27)17-5-4-11(40-17)9-35-21-20(41(38,39)23(31,32)33)16(8-34)36-37(21)19-14(25)6-10(7-15(19)26)22(28,29)30/h1-7,9H. The van der Waals surface area contributed by atoms with Gasteiger partial charge in [0.1, 0.15) is 23.3 Å². The number of hydrogen-bond donors (Lipinski definition) is 0. The molecule has 7 nitrogen and oxygen atoms in total. The summed E-state index contributed by atoms with van der Waals surface area (Å²) in [5, 5.41) is 11.7. The highest BCUT2D eigenvalue weighted by Crippen LogP contribution is 2.43. The van der Waals surface area contributed by atoms with Crippen LogP contribution in [0.1, 0.15) is 17.0 Å². The maximum absolute atomic E-state index is 13.6. The van der Waals surface area contributed by atoms with E-state index in [4.69, 9.17) is 50.8 Å². The van der Waals surface area contributed by atoms with Crippen LogP contribution in [0.25, 0.3) is 17.0 Å². The fourth-order valence-electron chi connectivity index (χ4n) is 3.42. The van der Waals surface area contributed by atoms with Crippen LogP contribution in [0.2, 0.25) is 20.1 Å². The molecule has 0 bridgehead atoms. The molecule has 0 radical (unpaired) electrons. The molecule has 214 valence electrons. The average Bonchev–Trinajstić information content (AvgIpc) is 3.47. The van der Waals surface area contributed by atoms with Crippen molar-refractivity contribution in [2.45, 2.75) is 16.6 Å². The average molecular weight is 676 g/mol. The topological polar surface area (TPSA) is 101 Å². The Labute approximate surface area is 246 Å². The first-order valence-electron chi connectivity index (χ1n) is 10.5. The molecule has 0 spiro atoms. The van der Waals surface area contributed by atoms with E-state index in [1.165, 1.54) is 24.3 Å². The van der Waals surface area contributed by atoms with Gasteiger partial charge in [-0.2, -0.15) is 36.7 Å². The van der Waals surface area contributed by atoms with Crippen LogP contribution in [0, 0.1) is 11.3 Å². The molecule has 4 aromatic rings. The molecule has 0 saturated heterocycles. The zero-order valence-corrected chi connectivity index (χ0v) is 23.2. The van der Waals surface area contributed by atoms with Gasteiger partial charge in [0.2, 0.25) is 0 Å². The fraction of sp³-hybridized carbons (Fsp3) is 0.0870. The molecule has 2 aromatic heterocycles. The third-order valence-electron chi connectivity index (χ3n) is 5.21. The maximum atomic E-state index is 13.6. The SMILES string of the molecule is N#Cc1nn(-c2c(Cl)cc(C(F)(F)F)cc2Cl)c(N=Cc2ccc(-c3cccc(Cl)c3Cl)o2)c1S(=O)(=O)C(F)(F)F. The van der Waals surface area contributed by atoms with E-state index >= 15 is 0 Å². The summed E-state index contributed by atoms with van der Waals surface area (Å²) in [5.41, 5.74) is -8.88. The minimum Gasteiger partial charge on any atom is -0.455 e. The van der Waals surface area contributed by atoms with Crippen LogP contribution >= 0.6 is 46.4 Å². The minimum atomic E-state index is -6.30. The molecule has 0 fully saturated rings. The number of furan rings is 1. The van der Waals surface area contributed by atoms with Crippen molar-refractivity contribution in [3.63, 3.8) is 0 Å². The number of aromatic nitrogens is 2. The first kappa shape index (κ1) is 30.7. The highest BCUT2D eigenvalue weighted by Gasteiger charge is 2.51. The van der Waals surface area contributed by atoms with Crippen molar-refractivity contribution in [2.24, 2.45) is 4.99 Å². The van der Waals surface area contributed by atoms with E-state index in [2.05, 4.69) is 10.1 Å². The maximum Gasteiger partial charge on any atom is 0.502 e. The van der Waals surface area contributed by atoms with Crippen molar-refractivity contribution in [3.8, 4) is 23.1 Å². The molecule has 0 unspecified atom stereocenters. The Balaban J connectivity index is 1.96. The molecule has 0 amide bonds. The van der Waals surface area contributed by atoms with Gasteiger partial charge in [-0.15, -0.1) is 0 Å². The second-order valence-electron chi connectivity index (χ2n) is 7.82. The lowest BCUT2D eigenvalue weighted by Crippen LogP contribution is -2.23. The van der Waals surface area contributed by atoms with Crippen LogP contribution in [-0.2, 0) is 16.0 Å². The van der Waals surface area contributed by atoms with E-state index in [0.717, 1.165) is 6.21 Å². The van der Waals surface area contributed by atoms with E-state index in [1.807, 2.05) is 0 Å². The lowest BCUT2D eigenvalue weighted by Gasteiger charge is -2.13. The first-order chi connectivity index (χ1) is 19.0. The summed E-state index contributed by atoms with van der Waals surface area (Å²) in [5.74, 6) is -1.16. The highest BCUT2D eigenvalue weighted by atomic mass is 35.5. The normalized spacial score (nSPS) is 12.7. The van der Waals surface area contributed by atoms with Crippen molar-refractivity contribution in [3.05, 3.63) is 79.6 Å². The number of alkyl halides is 6. The van der Waals surface area contributed by atoms with Gasteiger partial charge in [0.25, 0.3) is 9.84 Å². The Morgan fingerprint density at radius 3 is 2.17 bits per heavy atom. The zero-order valence-electron chi connectivity index (χ0n) is 19.3. The molecule has 0 aliphatic carbocycles. The number of rotatable bonds is 5. The van der Waals surface area contributed by atoms with Crippen LogP contribution in [-0.4, -0.2) is 29.9 Å². The minimum absolute atomic E-state index is 0.119. The van der Waals surface area contributed by atoms with Crippen LogP contribution in [0.4, 0.5) is 32.2 Å². The summed E-state index contributed by atoms with van der Waals surface area (Å²) in [6.07, 6.45) is -4.14. The van der Waals surface area contributed by atoms with Gasteiger partial charge < -0.3 is 4.42 Å². The Hall–Kier alpha value is -3.22. The number of nitriles is 1. The van der Waals surface area contributed by atoms with Gasteiger partial charge in [0.05, 0.1) is 31.9 Å². The molecule has 0 aliphatic rings. The predicted molar refractivity (Wildman–Crippen MR) is 138 cm³/mol. The van der Waals surface area contributed by atoms with Gasteiger partial charge in [-0.25, -0.2) is 18.1 Å². The van der Waals surface area contributed by atoms with Crippen molar-refractivity contribution in [1.29, 1.82) is 5.26 Å². The van der Waals surface area contributed by atoms with Gasteiger partial charge in [-0.1, -0.05) is 52.5 Å². The molecule has 0 aliphatic heterocycles. The van der Waals surface area contributed by atoms with Gasteiger partial charge >= 0.3 is 11.7 Å². The monoisotopic (exact) mass is 674 g/mol. The quantitative estimate of drug-likeness (QED) is 0.156. The van der Waals surface area contributed by atoms with E-state index in [0.29, 0.717) is 22.4 Å². The van der Waals surface area contributed by atoms with Gasteiger partial charge in [0, 0.05) is 5.56 Å². The Bertz CT molecular complexity index is 1840. The van der Waals surface area contributed by atoms with Crippen LogP contribution in [0.15, 0.2) is 56.8 Å². The lowest BCUT2D eigenvalue weighted by atomic mass is 10.2. The molecule has 2 aromatic carbocycles. The summed E-state index contributed by atoms with van der Waals surface area (Å²) in [6.45, 7) is 0. The summed E-state index contributed by atoms with van der Waals surface area (Å²) < 4.78 is 111. The van der Waals surface area contributed by atoms with Crippen LogP contribution in [0.5, 0.6) is 0 Å². The van der Waals surface area contributed by atoms with E-state index in [1.54, 1.807) is 12.1 Å². The highest BCUT2D eigenvalue weighted by molar-refractivity contribution is 7.92. The van der Waals surface area contributed by atoms with Gasteiger partial charge in [-0.3, -0.25) is 0 Å². The van der Waals surface area contributed by atoms with Crippen molar-refractivity contribution < 1.29 is 39.2 Å². The second kappa shape index (κ2) is 10.9. The molecule has 0 atom stereocenters. The third-order valence-corrected chi connectivity index (χ3v) is 8.13. The van der Waals surface area contributed by atoms with E-state index < -0.39 is 59.2 Å². The molecule has 41 heavy (non-hydrogen) atoms. The lowest BCUT2D eigenvalue weighted by molar-refractivity contribution is -0.137. The molecule has 18 heteroatoms. The number of halogens is 10. The van der Waals surface area contributed by atoms with E-state index in [9.17, 15) is 40.0 Å². The van der Waals surface area contributed by atoms with Crippen LogP contribution < -0.4 is 0 Å². The molecular weight excluding hydrogens is 668 g/mol. The molecule has 2 heterocycles. The molecule has 4 rings (SSSR count). The number of sulfone groups is 1. The zero-order chi connectivity index (χ0) is 30.5. The number of hydrogen-bond acceptors (Lipinski definition) is 6. The van der Waals surface area contributed by atoms with Crippen LogP contribution in [0.3, 0.4) is 0 Å². The van der Waals surface area contributed by atoms with E-state index in [-0.39, 0.29) is 21.6 Å². The molecular formula is C23H8Cl4F6N4O3S. The Morgan fingerprint density at radius 1 is 0.976 bits per heavy atom. The largest absolute Gasteiger partial charge is 0.502 e. The summed E-state index contributed by atoms with van der Waals surface area (Å²) in [6, 6.07) is 9.28. The van der Waals surface area contributed by atoms with Gasteiger partial charge in [0.15, 0.2) is 16.4 Å². The Kier molecular flexibility index (Phi) is 8.16. The number of aliphatic imine (C=N–C) groups is 1. The molecule has 0 N–H and O–H groups in total. The predicted octanol–water partition coefficient (Wildman–Crippen LogP) is 8.68. The Morgan fingerprint density at radius 2 is 1.61 bits per heavy atom. The van der Waals surface area contributed by atoms with Crippen molar-refractivity contribution in [1.82, 2.24) is 9.78 Å².